The van der Waals surface area contributed by atoms with Gasteiger partial charge in [0.2, 0.25) is 12.3 Å². The van der Waals surface area contributed by atoms with Crippen LogP contribution in [0.25, 0.3) is 11.1 Å². The van der Waals surface area contributed by atoms with Crippen LogP contribution in [-0.4, -0.2) is 48.2 Å². The zero-order chi connectivity index (χ0) is 25.5. The average Bonchev–Trinajstić information content (AvgIpc) is 3.15. The third kappa shape index (κ3) is 6.55. The van der Waals surface area contributed by atoms with Crippen LogP contribution in [0.3, 0.4) is 0 Å². The van der Waals surface area contributed by atoms with Crippen LogP contribution in [0.2, 0.25) is 0 Å². The summed E-state index contributed by atoms with van der Waals surface area (Å²) in [6, 6.07) is 12.8. The minimum atomic E-state index is -2.90. The molecular weight excluding hydrogens is 458 g/mol. The first kappa shape index (κ1) is 26.1. The Bertz CT molecular complexity index is 1020. The van der Waals surface area contributed by atoms with Gasteiger partial charge in [-0.2, -0.15) is 0 Å². The summed E-state index contributed by atoms with van der Waals surface area (Å²) in [5.41, 5.74) is 4.22. The third-order valence-corrected chi connectivity index (χ3v) is 6.32. The lowest BCUT2D eigenvalue weighted by Crippen LogP contribution is -2.52. The van der Waals surface area contributed by atoms with Gasteiger partial charge in [-0.25, -0.2) is 18.4 Å². The second-order valence-corrected chi connectivity index (χ2v) is 8.80. The number of alkyl halides is 2. The van der Waals surface area contributed by atoms with Crippen LogP contribution in [0.4, 0.5) is 13.6 Å². The van der Waals surface area contributed by atoms with E-state index in [2.05, 4.69) is 10.6 Å². The lowest BCUT2D eigenvalue weighted by molar-refractivity contribution is -0.143. The molecule has 2 aromatic carbocycles. The molecule has 0 saturated carbocycles. The molecule has 3 rings (SSSR count). The number of carbonyl (C=O) groups is 3. The molecule has 1 aliphatic carbocycles. The Morgan fingerprint density at radius 3 is 2.03 bits per heavy atom. The summed E-state index contributed by atoms with van der Waals surface area (Å²) in [5, 5.41) is 13.8. The number of benzene rings is 2. The molecule has 3 unspecified atom stereocenters. The molecule has 3 N–H and O–H groups in total. The highest BCUT2D eigenvalue weighted by atomic mass is 19.3. The number of hydrogen-bond acceptors (Lipinski definition) is 4. The van der Waals surface area contributed by atoms with Gasteiger partial charge in [-0.05, 0) is 34.6 Å². The predicted octanol–water partition coefficient (Wildman–Crippen LogP) is 4.55. The van der Waals surface area contributed by atoms with Crippen molar-refractivity contribution in [1.29, 1.82) is 0 Å². The highest BCUT2D eigenvalue weighted by Crippen LogP contribution is 2.44. The lowest BCUT2D eigenvalue weighted by atomic mass is 9.98. The van der Waals surface area contributed by atoms with Crippen molar-refractivity contribution in [2.45, 2.75) is 57.5 Å². The van der Waals surface area contributed by atoms with Gasteiger partial charge in [0.05, 0.1) is 0 Å². The first-order valence-electron chi connectivity index (χ1n) is 11.6. The molecule has 35 heavy (non-hydrogen) atoms. The number of hydrogen-bond donors (Lipinski definition) is 3. The maximum absolute atomic E-state index is 12.7. The van der Waals surface area contributed by atoms with E-state index >= 15 is 0 Å². The van der Waals surface area contributed by atoms with Crippen molar-refractivity contribution >= 4 is 18.0 Å². The van der Waals surface area contributed by atoms with E-state index in [-0.39, 0.29) is 24.9 Å². The first-order valence-corrected chi connectivity index (χ1v) is 11.6. The number of fused-ring (bicyclic) bond motifs is 3. The van der Waals surface area contributed by atoms with Crippen molar-refractivity contribution in [3.63, 3.8) is 0 Å². The minimum absolute atomic E-state index is 0.0120. The smallest absolute Gasteiger partial charge is 0.407 e. The van der Waals surface area contributed by atoms with Gasteiger partial charge in [-0.3, -0.25) is 4.79 Å². The van der Waals surface area contributed by atoms with E-state index in [9.17, 15) is 23.2 Å². The molecule has 2 aromatic rings. The number of amides is 2. The molecule has 0 saturated heterocycles. The summed E-state index contributed by atoms with van der Waals surface area (Å²) in [4.78, 5) is 36.7. The van der Waals surface area contributed by atoms with Crippen LogP contribution in [0, 0.1) is 5.92 Å². The zero-order valence-electron chi connectivity index (χ0n) is 19.7. The number of carboxylic acids is 1. The molecule has 1 aliphatic rings. The monoisotopic (exact) mass is 488 g/mol. The number of nitrogens with one attached hydrogen (secondary N) is 2. The summed E-state index contributed by atoms with van der Waals surface area (Å²) in [5.74, 6) is -2.57. The molecule has 3 atom stereocenters. The van der Waals surface area contributed by atoms with Gasteiger partial charge in [0.15, 0.2) is 0 Å². The van der Waals surface area contributed by atoms with Gasteiger partial charge in [0, 0.05) is 12.3 Å². The third-order valence-electron chi connectivity index (χ3n) is 6.32. The van der Waals surface area contributed by atoms with E-state index in [1.165, 1.54) is 0 Å². The number of carbonyl (C=O) groups excluding carboxylic acids is 2. The molecule has 0 radical (unpaired) electrons. The van der Waals surface area contributed by atoms with Crippen molar-refractivity contribution in [3.8, 4) is 11.1 Å². The molecule has 188 valence electrons. The van der Waals surface area contributed by atoms with E-state index < -0.39 is 42.9 Å². The van der Waals surface area contributed by atoms with Gasteiger partial charge in [-0.1, -0.05) is 68.8 Å². The van der Waals surface area contributed by atoms with Crippen LogP contribution in [0.5, 0.6) is 0 Å². The van der Waals surface area contributed by atoms with Crippen molar-refractivity contribution < 1.29 is 33.0 Å². The number of halogens is 2. The Hall–Kier alpha value is -3.49. The standard InChI is InChI=1S/C26H30F2N2O5/c1-3-15(2)12-21(24(31)29-22(25(32)33)13-23(27)28)30-26(34)35-14-20-18-10-6-4-8-16(18)17-9-5-7-11-19(17)20/h4-11,15,20-23H,3,12-14H2,1-2H3,(H,29,31)(H,30,34)(H,32,33). The topological polar surface area (TPSA) is 105 Å². The van der Waals surface area contributed by atoms with Crippen molar-refractivity contribution in [2.75, 3.05) is 6.61 Å². The largest absolute Gasteiger partial charge is 0.480 e. The highest BCUT2D eigenvalue weighted by Gasteiger charge is 2.32. The normalized spacial score (nSPS) is 15.0. The SMILES string of the molecule is CCC(C)CC(NC(=O)OCC1c2ccccc2-c2ccccc21)C(=O)NC(CC(F)F)C(=O)O. The highest BCUT2D eigenvalue weighted by molar-refractivity contribution is 5.89. The van der Waals surface area contributed by atoms with Crippen LogP contribution in [0.1, 0.15) is 50.2 Å². The lowest BCUT2D eigenvalue weighted by Gasteiger charge is -2.23. The summed E-state index contributed by atoms with van der Waals surface area (Å²) in [6.45, 7) is 3.82. The van der Waals surface area contributed by atoms with E-state index in [1.807, 2.05) is 62.4 Å². The van der Waals surface area contributed by atoms with Gasteiger partial charge in [-0.15, -0.1) is 0 Å². The molecule has 0 aromatic heterocycles. The maximum atomic E-state index is 12.7. The first-order chi connectivity index (χ1) is 16.7. The molecule has 0 fully saturated rings. The van der Waals surface area contributed by atoms with Crippen LogP contribution in [-0.2, 0) is 14.3 Å². The summed E-state index contributed by atoms with van der Waals surface area (Å²) in [7, 11) is 0. The Morgan fingerprint density at radius 2 is 1.51 bits per heavy atom. The zero-order valence-corrected chi connectivity index (χ0v) is 19.7. The minimum Gasteiger partial charge on any atom is -0.480 e. The summed E-state index contributed by atoms with van der Waals surface area (Å²) < 4.78 is 30.9. The van der Waals surface area contributed by atoms with E-state index in [0.717, 1.165) is 22.3 Å². The molecule has 0 bridgehead atoms. The second kappa shape index (κ2) is 11.8. The molecule has 0 spiro atoms. The maximum Gasteiger partial charge on any atom is 0.407 e. The number of ether oxygens (including phenoxy) is 1. The van der Waals surface area contributed by atoms with Crippen LogP contribution in [0.15, 0.2) is 48.5 Å². The second-order valence-electron chi connectivity index (χ2n) is 8.80. The molecule has 0 aliphatic heterocycles. The van der Waals surface area contributed by atoms with Crippen LogP contribution >= 0.6 is 0 Å². The van der Waals surface area contributed by atoms with Gasteiger partial charge in [0.1, 0.15) is 18.7 Å². The van der Waals surface area contributed by atoms with Crippen molar-refractivity contribution in [2.24, 2.45) is 5.92 Å². The van der Waals surface area contributed by atoms with Crippen LogP contribution < -0.4 is 10.6 Å². The quantitative estimate of drug-likeness (QED) is 0.430. The Kier molecular flexibility index (Phi) is 8.78. The summed E-state index contributed by atoms with van der Waals surface area (Å²) in [6.07, 6.45) is -3.86. The molecule has 9 heteroatoms. The molecule has 0 heterocycles. The van der Waals surface area contributed by atoms with Crippen molar-refractivity contribution in [3.05, 3.63) is 59.7 Å². The van der Waals surface area contributed by atoms with Gasteiger partial charge >= 0.3 is 12.1 Å². The number of aliphatic carboxylic acids is 1. The van der Waals surface area contributed by atoms with Gasteiger partial charge in [0.25, 0.3) is 0 Å². The van der Waals surface area contributed by atoms with Gasteiger partial charge < -0.3 is 20.5 Å². The molecule has 2 amide bonds. The fourth-order valence-electron chi connectivity index (χ4n) is 4.25. The Labute approximate surface area is 202 Å². The number of alkyl carbamates (subject to hydrolysis) is 1. The average molecular weight is 489 g/mol. The Morgan fingerprint density at radius 1 is 0.943 bits per heavy atom. The summed E-state index contributed by atoms with van der Waals surface area (Å²) >= 11 is 0. The molecule has 7 nitrogen and oxygen atoms in total. The van der Waals surface area contributed by atoms with E-state index in [1.54, 1.807) is 0 Å². The fraction of sp³-hybridized carbons (Fsp3) is 0.423. The van der Waals surface area contributed by atoms with Crippen molar-refractivity contribution in [1.82, 2.24) is 10.6 Å². The van der Waals surface area contributed by atoms with E-state index in [4.69, 9.17) is 9.84 Å². The van der Waals surface area contributed by atoms with E-state index in [0.29, 0.717) is 6.42 Å². The molecular formula is C26H30F2N2O5. The fourth-order valence-corrected chi connectivity index (χ4v) is 4.25. The Balaban J connectivity index is 1.68. The predicted molar refractivity (Wildman–Crippen MR) is 126 cm³/mol. The number of rotatable bonds is 11. The number of carboxylic acid groups (broad SMARTS) is 1.